The summed E-state index contributed by atoms with van der Waals surface area (Å²) in [5.74, 6) is -5.05. The van der Waals surface area contributed by atoms with E-state index in [4.69, 9.17) is 27.2 Å². The lowest BCUT2D eigenvalue weighted by Gasteiger charge is -2.25. The van der Waals surface area contributed by atoms with Gasteiger partial charge in [-0.1, -0.05) is 0 Å². The highest BCUT2D eigenvalue weighted by atomic mass is 35.5. The lowest BCUT2D eigenvalue weighted by Crippen LogP contribution is -2.43. The molecule has 0 radical (unpaired) electrons. The van der Waals surface area contributed by atoms with E-state index in [1.807, 2.05) is 0 Å². The van der Waals surface area contributed by atoms with Crippen LogP contribution in [0, 0.1) is 0 Å². The van der Waals surface area contributed by atoms with Gasteiger partial charge in [-0.15, -0.1) is 0 Å². The molecule has 3 atom stereocenters. The number of aliphatic hydroxyl groups excluding tert-OH is 2. The van der Waals surface area contributed by atoms with Crippen LogP contribution in [0.3, 0.4) is 0 Å². The van der Waals surface area contributed by atoms with Crippen molar-refractivity contribution in [1.29, 1.82) is 0 Å². The zero-order valence-electron chi connectivity index (χ0n) is 11.6. The van der Waals surface area contributed by atoms with Gasteiger partial charge in [0, 0.05) is 0 Å². The zero-order valence-corrected chi connectivity index (χ0v) is 12.4. The van der Waals surface area contributed by atoms with Crippen molar-refractivity contribution in [2.45, 2.75) is 24.2 Å². The monoisotopic (exact) mass is 371 g/mol. The predicted molar refractivity (Wildman–Crippen MR) is 71.7 cm³/mol. The summed E-state index contributed by atoms with van der Waals surface area (Å²) in [7, 11) is 0. The molecule has 1 aliphatic rings. The van der Waals surface area contributed by atoms with Crippen LogP contribution in [0.25, 0.3) is 11.2 Å². The Labute approximate surface area is 135 Å². The average Bonchev–Trinajstić information content (AvgIpc) is 2.97. The minimum Gasteiger partial charge on any atom is -0.394 e. The molecule has 4 N–H and O–H groups in total. The number of alkyl halides is 4. The van der Waals surface area contributed by atoms with E-state index >= 15 is 4.39 Å². The van der Waals surface area contributed by atoms with E-state index in [9.17, 15) is 18.3 Å². The zero-order chi connectivity index (χ0) is 17.9. The van der Waals surface area contributed by atoms with E-state index in [0.29, 0.717) is 4.57 Å². The molecular formula is C11H10ClF4N5O3. The second kappa shape index (κ2) is 5.37. The normalized spacial score (nSPS) is 28.0. The summed E-state index contributed by atoms with van der Waals surface area (Å²) >= 11 is 5.81. The number of rotatable bonds is 2. The summed E-state index contributed by atoms with van der Waals surface area (Å²) in [5, 5.41) is 18.4. The Morgan fingerprint density at radius 1 is 1.38 bits per heavy atom. The van der Waals surface area contributed by atoms with Crippen LogP contribution >= 0.6 is 11.6 Å². The first-order valence-electron chi connectivity index (χ1n) is 6.48. The van der Waals surface area contributed by atoms with E-state index in [1.54, 1.807) is 0 Å². The molecule has 8 nitrogen and oxygen atoms in total. The summed E-state index contributed by atoms with van der Waals surface area (Å²) in [4.78, 5) is 9.96. The lowest BCUT2D eigenvalue weighted by molar-refractivity contribution is -0.144. The summed E-state index contributed by atoms with van der Waals surface area (Å²) in [6.07, 6.45) is -8.14. The molecule has 0 aliphatic carbocycles. The molecule has 2 aromatic rings. The molecular weight excluding hydrogens is 362 g/mol. The number of ether oxygens (including phenoxy) is 1. The van der Waals surface area contributed by atoms with Crippen molar-refractivity contribution in [1.82, 2.24) is 19.5 Å². The molecule has 0 amide bonds. The van der Waals surface area contributed by atoms with Gasteiger partial charge in [-0.05, 0) is 11.6 Å². The molecule has 3 rings (SSSR count). The van der Waals surface area contributed by atoms with E-state index < -0.39 is 60.0 Å². The maximum atomic E-state index is 15.2. The highest BCUT2D eigenvalue weighted by Gasteiger charge is 2.53. The third-order valence-electron chi connectivity index (χ3n) is 3.60. The Morgan fingerprint density at radius 2 is 2.04 bits per heavy atom. The van der Waals surface area contributed by atoms with E-state index in [-0.39, 0.29) is 5.52 Å². The Morgan fingerprint density at radius 3 is 2.58 bits per heavy atom. The fraction of sp³-hybridized carbons (Fsp3) is 0.545. The molecule has 3 heterocycles. The van der Waals surface area contributed by atoms with Crippen molar-refractivity contribution in [2.75, 3.05) is 18.9 Å². The van der Waals surface area contributed by atoms with Crippen LogP contribution in [0.5, 0.6) is 0 Å². The number of nitrogen functional groups attached to an aromatic ring is 1. The standard InChI is InChI=1S/C11H10ClF4N5O3/c12-9-18-4-6(17)19-8(11(14,15)16)20-7(4)21(9)10(13)2-24-3(1-22)5(10)23/h3,5,22-23H,1-2H2,(H2,17,19,20)/t3-,5-,10-/m1/s1. The van der Waals surface area contributed by atoms with Crippen molar-refractivity contribution in [3.63, 3.8) is 0 Å². The van der Waals surface area contributed by atoms with Crippen molar-refractivity contribution in [2.24, 2.45) is 0 Å². The first kappa shape index (κ1) is 17.1. The van der Waals surface area contributed by atoms with Crippen molar-refractivity contribution in [3.8, 4) is 0 Å². The molecule has 1 saturated heterocycles. The highest BCUT2D eigenvalue weighted by molar-refractivity contribution is 6.29. The number of fused-ring (bicyclic) bond motifs is 1. The highest BCUT2D eigenvalue weighted by Crippen LogP contribution is 2.39. The fourth-order valence-corrected chi connectivity index (χ4v) is 2.75. The lowest BCUT2D eigenvalue weighted by atomic mass is 10.1. The molecule has 24 heavy (non-hydrogen) atoms. The molecule has 0 saturated carbocycles. The Bertz CT molecular complexity index is 800. The molecule has 1 fully saturated rings. The minimum atomic E-state index is -4.94. The van der Waals surface area contributed by atoms with Crippen LogP contribution in [0.15, 0.2) is 0 Å². The van der Waals surface area contributed by atoms with Gasteiger partial charge in [0.2, 0.25) is 16.9 Å². The molecule has 132 valence electrons. The first-order chi connectivity index (χ1) is 11.1. The predicted octanol–water partition coefficient (Wildman–Crippen LogP) is 0.455. The topological polar surface area (TPSA) is 119 Å². The summed E-state index contributed by atoms with van der Waals surface area (Å²) in [6, 6.07) is 0. The van der Waals surface area contributed by atoms with Crippen LogP contribution in [-0.4, -0.2) is 55.2 Å². The maximum absolute atomic E-state index is 15.2. The Balaban J connectivity index is 2.25. The molecule has 1 aliphatic heterocycles. The fourth-order valence-electron chi connectivity index (χ4n) is 2.44. The van der Waals surface area contributed by atoms with Gasteiger partial charge >= 0.3 is 6.18 Å². The number of anilines is 1. The van der Waals surface area contributed by atoms with E-state index in [2.05, 4.69) is 15.0 Å². The third-order valence-corrected chi connectivity index (χ3v) is 3.86. The summed E-state index contributed by atoms with van der Waals surface area (Å²) in [5.41, 5.74) is 4.42. The smallest absolute Gasteiger partial charge is 0.394 e. The average molecular weight is 372 g/mol. The van der Waals surface area contributed by atoms with Gasteiger partial charge in [0.25, 0.3) is 0 Å². The molecule has 0 bridgehead atoms. The Hall–Kier alpha value is -1.76. The second-order valence-electron chi connectivity index (χ2n) is 5.11. The number of aliphatic hydroxyl groups is 2. The SMILES string of the molecule is Nc1nc(C(F)(F)F)nc2c1nc(Cl)n2[C@]1(F)CO[C@H](CO)[C@H]1O. The van der Waals surface area contributed by atoms with Crippen LogP contribution in [0.4, 0.5) is 23.4 Å². The van der Waals surface area contributed by atoms with Crippen LogP contribution in [0.1, 0.15) is 5.82 Å². The van der Waals surface area contributed by atoms with E-state index in [0.717, 1.165) is 0 Å². The number of imidazole rings is 1. The molecule has 0 spiro atoms. The number of nitrogens with two attached hydrogens (primary N) is 1. The Kier molecular flexibility index (Phi) is 3.82. The molecule has 0 unspecified atom stereocenters. The van der Waals surface area contributed by atoms with Gasteiger partial charge in [-0.3, -0.25) is 4.57 Å². The quantitative estimate of drug-likeness (QED) is 0.518. The van der Waals surface area contributed by atoms with Gasteiger partial charge in [0.15, 0.2) is 17.0 Å². The molecule has 2 aromatic heterocycles. The van der Waals surface area contributed by atoms with Gasteiger partial charge in [0.05, 0.1) is 6.61 Å². The number of halogens is 5. The summed E-state index contributed by atoms with van der Waals surface area (Å²) < 4.78 is 59.2. The second-order valence-corrected chi connectivity index (χ2v) is 5.45. The summed E-state index contributed by atoms with van der Waals surface area (Å²) in [6.45, 7) is -1.49. The van der Waals surface area contributed by atoms with Gasteiger partial charge in [0.1, 0.15) is 18.8 Å². The molecule has 13 heteroatoms. The van der Waals surface area contributed by atoms with Gasteiger partial charge in [-0.25, -0.2) is 19.3 Å². The number of hydrogen-bond acceptors (Lipinski definition) is 7. The van der Waals surface area contributed by atoms with Crippen LogP contribution in [-0.2, 0) is 16.7 Å². The number of nitrogens with zero attached hydrogens (tertiary/aromatic N) is 4. The van der Waals surface area contributed by atoms with E-state index in [1.165, 1.54) is 0 Å². The minimum absolute atomic E-state index is 0.357. The third kappa shape index (κ3) is 2.37. The first-order valence-corrected chi connectivity index (χ1v) is 6.86. The van der Waals surface area contributed by atoms with Crippen molar-refractivity contribution < 1.29 is 32.5 Å². The molecule has 0 aromatic carbocycles. The number of aromatic nitrogens is 4. The van der Waals surface area contributed by atoms with Crippen molar-refractivity contribution >= 4 is 28.6 Å². The number of hydrogen-bond donors (Lipinski definition) is 3. The van der Waals surface area contributed by atoms with Crippen LogP contribution < -0.4 is 5.73 Å². The van der Waals surface area contributed by atoms with Gasteiger partial charge in [-0.2, -0.15) is 13.2 Å². The van der Waals surface area contributed by atoms with Crippen LogP contribution in [0.2, 0.25) is 5.28 Å². The maximum Gasteiger partial charge on any atom is 0.451 e. The van der Waals surface area contributed by atoms with Gasteiger partial charge < -0.3 is 20.7 Å². The van der Waals surface area contributed by atoms with Crippen molar-refractivity contribution in [3.05, 3.63) is 11.1 Å². The largest absolute Gasteiger partial charge is 0.451 e.